The molecular formula is C49H34N2O. The lowest BCUT2D eigenvalue weighted by Crippen LogP contribution is -2.19. The average molecular weight is 667 g/mol. The Morgan fingerprint density at radius 2 is 1.23 bits per heavy atom. The molecule has 3 nitrogen and oxygen atoms in total. The van der Waals surface area contributed by atoms with E-state index in [1.807, 2.05) is 6.07 Å². The highest BCUT2D eigenvalue weighted by molar-refractivity contribution is 6.23. The lowest BCUT2D eigenvalue weighted by molar-refractivity contribution is 0.587. The molecule has 0 bridgehead atoms. The zero-order valence-corrected chi connectivity index (χ0v) is 29.0. The van der Waals surface area contributed by atoms with E-state index in [2.05, 4.69) is 147 Å². The molecule has 52 heavy (non-hydrogen) atoms. The van der Waals surface area contributed by atoms with Crippen LogP contribution in [0, 0.1) is 0 Å². The number of nitrogens with zero attached hydrogens (tertiary/aromatic N) is 2. The number of aromatic nitrogens is 2. The summed E-state index contributed by atoms with van der Waals surface area (Å²) < 4.78 is 6.47. The van der Waals surface area contributed by atoms with Crippen molar-refractivity contribution in [1.29, 1.82) is 0 Å². The van der Waals surface area contributed by atoms with Crippen molar-refractivity contribution in [3.05, 3.63) is 174 Å². The Balaban J connectivity index is 0.948. The fraction of sp³-hybridized carbons (Fsp3) is 0.102. The van der Waals surface area contributed by atoms with E-state index in [-0.39, 0.29) is 11.3 Å². The minimum absolute atomic E-state index is 0.0910. The van der Waals surface area contributed by atoms with Crippen molar-refractivity contribution < 1.29 is 4.42 Å². The molecule has 0 spiro atoms. The molecule has 2 heterocycles. The van der Waals surface area contributed by atoms with Crippen LogP contribution in [0.1, 0.15) is 42.9 Å². The molecule has 2 aromatic heterocycles. The van der Waals surface area contributed by atoms with Gasteiger partial charge in [0.15, 0.2) is 0 Å². The summed E-state index contributed by atoms with van der Waals surface area (Å²) in [4.78, 5) is 9.55. The molecule has 246 valence electrons. The lowest BCUT2D eigenvalue weighted by Gasteiger charge is -2.29. The SMILES string of the molecule is CC1(C)C2=C(C=CC(c3cccc4c3oc3ccccc34)C2)c2ccc(-c3cccc(-c4ccc5c6ccccc6c6nccnc6c5c4)c3)cc21. The summed E-state index contributed by atoms with van der Waals surface area (Å²) in [7, 11) is 0. The quantitative estimate of drug-likeness (QED) is 0.176. The van der Waals surface area contributed by atoms with Crippen LogP contribution in [0.4, 0.5) is 0 Å². The number of fused-ring (bicyclic) bond motifs is 11. The van der Waals surface area contributed by atoms with Gasteiger partial charge in [0, 0.05) is 50.8 Å². The van der Waals surface area contributed by atoms with E-state index >= 15 is 0 Å². The molecule has 0 N–H and O–H groups in total. The summed E-state index contributed by atoms with van der Waals surface area (Å²) in [6, 6.07) is 46.3. The van der Waals surface area contributed by atoms with Gasteiger partial charge in [0.05, 0.1) is 11.0 Å². The average Bonchev–Trinajstić information content (AvgIpc) is 3.69. The van der Waals surface area contributed by atoms with Crippen LogP contribution in [-0.4, -0.2) is 9.97 Å². The molecule has 3 heteroatoms. The zero-order valence-electron chi connectivity index (χ0n) is 29.0. The maximum atomic E-state index is 6.47. The summed E-state index contributed by atoms with van der Waals surface area (Å²) in [6.07, 6.45) is 9.32. The topological polar surface area (TPSA) is 38.9 Å². The second kappa shape index (κ2) is 10.8. The fourth-order valence-electron chi connectivity index (χ4n) is 9.16. The van der Waals surface area contributed by atoms with Gasteiger partial charge < -0.3 is 4.42 Å². The molecule has 1 atom stereocenters. The lowest BCUT2D eigenvalue weighted by atomic mass is 9.74. The summed E-state index contributed by atoms with van der Waals surface area (Å²) in [6.45, 7) is 4.80. The standard InChI is InChI=1S/C49H34N2O/c1-49(2)43-27-32(18-21-37(43)38-22-19-33(28-44(38)49)34-14-8-15-41-39-12-5-6-16-45(39)52-48(34)41)30-10-7-9-29(25-30)31-17-20-36-35-11-3-4-13-40(35)46-47(42(36)26-31)51-24-23-50-46/h3-27,33H,28H2,1-2H3. The van der Waals surface area contributed by atoms with E-state index in [1.165, 1.54) is 71.6 Å². The number of rotatable bonds is 3. The third-order valence-corrected chi connectivity index (χ3v) is 11.8. The first kappa shape index (κ1) is 29.4. The van der Waals surface area contributed by atoms with E-state index in [9.17, 15) is 0 Å². The predicted octanol–water partition coefficient (Wildman–Crippen LogP) is 13.0. The Labute approximate surface area is 301 Å². The smallest absolute Gasteiger partial charge is 0.139 e. The van der Waals surface area contributed by atoms with Gasteiger partial charge in [-0.25, -0.2) is 0 Å². The third kappa shape index (κ3) is 4.20. The molecule has 0 amide bonds. The maximum absolute atomic E-state index is 6.47. The number of para-hydroxylation sites is 2. The van der Waals surface area contributed by atoms with Gasteiger partial charge in [-0.05, 0) is 80.4 Å². The van der Waals surface area contributed by atoms with E-state index in [4.69, 9.17) is 14.4 Å². The van der Waals surface area contributed by atoms with Gasteiger partial charge in [-0.3, -0.25) is 9.97 Å². The van der Waals surface area contributed by atoms with Gasteiger partial charge in [-0.15, -0.1) is 0 Å². The van der Waals surface area contributed by atoms with Crippen molar-refractivity contribution in [2.24, 2.45) is 0 Å². The molecule has 1 unspecified atom stereocenters. The first-order valence-electron chi connectivity index (χ1n) is 18.2. The van der Waals surface area contributed by atoms with Crippen molar-refractivity contribution in [3.63, 3.8) is 0 Å². The monoisotopic (exact) mass is 666 g/mol. The third-order valence-electron chi connectivity index (χ3n) is 11.8. The molecule has 0 radical (unpaired) electrons. The van der Waals surface area contributed by atoms with Crippen LogP contribution in [0.5, 0.6) is 0 Å². The van der Waals surface area contributed by atoms with Crippen LogP contribution in [0.25, 0.3) is 82.3 Å². The van der Waals surface area contributed by atoms with E-state index < -0.39 is 0 Å². The number of allylic oxidation sites excluding steroid dienone is 4. The molecule has 0 aliphatic heterocycles. The van der Waals surface area contributed by atoms with Crippen LogP contribution >= 0.6 is 0 Å². The molecule has 11 rings (SSSR count). The first-order valence-corrected chi connectivity index (χ1v) is 18.2. The number of furan rings is 1. The van der Waals surface area contributed by atoms with E-state index in [0.717, 1.165) is 39.4 Å². The predicted molar refractivity (Wildman–Crippen MR) is 216 cm³/mol. The highest BCUT2D eigenvalue weighted by Crippen LogP contribution is 2.53. The number of hydrogen-bond donors (Lipinski definition) is 0. The normalized spacial score (nSPS) is 16.4. The second-order valence-corrected chi connectivity index (χ2v) is 14.9. The van der Waals surface area contributed by atoms with Crippen molar-refractivity contribution in [1.82, 2.24) is 9.97 Å². The van der Waals surface area contributed by atoms with Crippen molar-refractivity contribution in [2.45, 2.75) is 31.6 Å². The van der Waals surface area contributed by atoms with Gasteiger partial charge >= 0.3 is 0 Å². The van der Waals surface area contributed by atoms with Crippen molar-refractivity contribution in [2.75, 3.05) is 0 Å². The fourth-order valence-corrected chi connectivity index (χ4v) is 9.16. The molecule has 7 aromatic carbocycles. The van der Waals surface area contributed by atoms with E-state index in [0.29, 0.717) is 0 Å². The highest BCUT2D eigenvalue weighted by atomic mass is 16.3. The van der Waals surface area contributed by atoms with Gasteiger partial charge in [-0.1, -0.05) is 135 Å². The maximum Gasteiger partial charge on any atom is 0.139 e. The van der Waals surface area contributed by atoms with Crippen LogP contribution in [-0.2, 0) is 5.41 Å². The molecular weight excluding hydrogens is 633 g/mol. The first-order chi connectivity index (χ1) is 25.5. The molecule has 2 aliphatic rings. The van der Waals surface area contributed by atoms with Crippen LogP contribution < -0.4 is 0 Å². The Kier molecular flexibility index (Phi) is 6.13. The van der Waals surface area contributed by atoms with Gasteiger partial charge in [0.1, 0.15) is 11.2 Å². The molecule has 0 saturated carbocycles. The zero-order chi connectivity index (χ0) is 34.6. The number of benzene rings is 7. The minimum Gasteiger partial charge on any atom is -0.456 e. The Morgan fingerprint density at radius 1 is 0.577 bits per heavy atom. The van der Waals surface area contributed by atoms with Crippen LogP contribution in [0.3, 0.4) is 0 Å². The van der Waals surface area contributed by atoms with Gasteiger partial charge in [0.2, 0.25) is 0 Å². The molecule has 0 fully saturated rings. The second-order valence-electron chi connectivity index (χ2n) is 14.9. The largest absolute Gasteiger partial charge is 0.456 e. The number of hydrogen-bond acceptors (Lipinski definition) is 3. The van der Waals surface area contributed by atoms with E-state index in [1.54, 1.807) is 12.4 Å². The van der Waals surface area contributed by atoms with Gasteiger partial charge in [0.25, 0.3) is 0 Å². The summed E-state index contributed by atoms with van der Waals surface area (Å²) in [5.74, 6) is 0.260. The van der Waals surface area contributed by atoms with Crippen LogP contribution in [0.2, 0.25) is 0 Å². The van der Waals surface area contributed by atoms with Gasteiger partial charge in [-0.2, -0.15) is 0 Å². The van der Waals surface area contributed by atoms with Crippen LogP contribution in [0.15, 0.2) is 162 Å². The molecule has 0 saturated heterocycles. The Morgan fingerprint density at radius 3 is 2.08 bits per heavy atom. The Hall–Kier alpha value is -6.32. The summed E-state index contributed by atoms with van der Waals surface area (Å²) in [5, 5.41) is 7.05. The molecule has 2 aliphatic carbocycles. The summed E-state index contributed by atoms with van der Waals surface area (Å²) >= 11 is 0. The summed E-state index contributed by atoms with van der Waals surface area (Å²) in [5.41, 5.74) is 15.5. The van der Waals surface area contributed by atoms with Crippen molar-refractivity contribution >= 4 is 60.1 Å². The molecule has 9 aromatic rings. The minimum atomic E-state index is -0.0910. The van der Waals surface area contributed by atoms with Crippen molar-refractivity contribution in [3.8, 4) is 22.3 Å². The highest BCUT2D eigenvalue weighted by Gasteiger charge is 2.39. The Bertz CT molecular complexity index is 3000.